The van der Waals surface area contributed by atoms with E-state index in [4.69, 9.17) is 20.5 Å². The summed E-state index contributed by atoms with van der Waals surface area (Å²) in [5.74, 6) is 0.929. The Labute approximate surface area is 112 Å². The number of hydrogen-bond donors (Lipinski definition) is 1. The molecule has 2 aromatic carbocycles. The Bertz CT molecular complexity index is 604. The average molecular weight is 254 g/mol. The minimum Gasteiger partial charge on any atom is -0.493 e. The minimum absolute atomic E-state index is 0.395. The molecule has 19 heavy (non-hydrogen) atoms. The van der Waals surface area contributed by atoms with E-state index in [-0.39, 0.29) is 0 Å². The number of nitrogens with zero attached hydrogens (tertiary/aromatic N) is 1. The van der Waals surface area contributed by atoms with Crippen LogP contribution in [0.25, 0.3) is 0 Å². The second kappa shape index (κ2) is 5.78. The average Bonchev–Trinajstić information content (AvgIpc) is 2.46. The molecule has 0 aliphatic carbocycles. The molecule has 0 aromatic heterocycles. The van der Waals surface area contributed by atoms with Gasteiger partial charge in [0.25, 0.3) is 0 Å². The molecule has 2 N–H and O–H groups in total. The first-order valence-corrected chi connectivity index (χ1v) is 5.79. The fourth-order valence-electron chi connectivity index (χ4n) is 1.72. The highest BCUT2D eigenvalue weighted by Gasteiger charge is 2.11. The van der Waals surface area contributed by atoms with Crippen LogP contribution in [0.2, 0.25) is 0 Å². The van der Waals surface area contributed by atoms with E-state index in [1.165, 1.54) is 7.11 Å². The molecule has 0 atom stereocenters. The van der Waals surface area contributed by atoms with Crippen molar-refractivity contribution in [2.75, 3.05) is 12.8 Å². The summed E-state index contributed by atoms with van der Waals surface area (Å²) < 4.78 is 10.9. The van der Waals surface area contributed by atoms with Gasteiger partial charge in [-0.1, -0.05) is 30.3 Å². The van der Waals surface area contributed by atoms with Gasteiger partial charge >= 0.3 is 0 Å². The van der Waals surface area contributed by atoms with Crippen LogP contribution in [0.3, 0.4) is 0 Å². The van der Waals surface area contributed by atoms with Crippen molar-refractivity contribution in [3.63, 3.8) is 0 Å². The van der Waals surface area contributed by atoms with E-state index in [0.717, 1.165) is 5.56 Å². The van der Waals surface area contributed by atoms with E-state index in [9.17, 15) is 0 Å². The van der Waals surface area contributed by atoms with Crippen molar-refractivity contribution < 1.29 is 9.47 Å². The number of hydrogen-bond acceptors (Lipinski definition) is 4. The fourth-order valence-corrected chi connectivity index (χ4v) is 1.72. The lowest BCUT2D eigenvalue weighted by Crippen LogP contribution is -2.01. The Balaban J connectivity index is 2.23. The quantitative estimate of drug-likeness (QED) is 0.852. The number of nitrogens with two attached hydrogens (primary N) is 1. The number of rotatable bonds is 4. The SMILES string of the molecule is COc1cc(C#N)cc(N)c1OCc1ccccc1. The van der Waals surface area contributed by atoms with Gasteiger partial charge in [-0.05, 0) is 11.6 Å². The molecule has 0 amide bonds. The molecule has 0 heterocycles. The molecule has 2 aromatic rings. The van der Waals surface area contributed by atoms with E-state index in [0.29, 0.717) is 29.4 Å². The number of nitriles is 1. The van der Waals surface area contributed by atoms with Gasteiger partial charge in [-0.25, -0.2) is 0 Å². The summed E-state index contributed by atoms with van der Waals surface area (Å²) >= 11 is 0. The van der Waals surface area contributed by atoms with Crippen molar-refractivity contribution in [3.05, 3.63) is 53.6 Å². The third-order valence-electron chi connectivity index (χ3n) is 2.66. The second-order valence-corrected chi connectivity index (χ2v) is 3.98. The van der Waals surface area contributed by atoms with Gasteiger partial charge in [-0.15, -0.1) is 0 Å². The lowest BCUT2D eigenvalue weighted by atomic mass is 10.2. The Morgan fingerprint density at radius 1 is 1.21 bits per heavy atom. The number of benzene rings is 2. The molecule has 0 radical (unpaired) electrons. The van der Waals surface area contributed by atoms with Crippen LogP contribution < -0.4 is 15.2 Å². The van der Waals surface area contributed by atoms with Gasteiger partial charge in [0.05, 0.1) is 24.4 Å². The zero-order chi connectivity index (χ0) is 13.7. The van der Waals surface area contributed by atoms with Crippen LogP contribution in [0.4, 0.5) is 5.69 Å². The van der Waals surface area contributed by atoms with Crippen LogP contribution in [0.5, 0.6) is 11.5 Å². The van der Waals surface area contributed by atoms with Crippen LogP contribution in [0, 0.1) is 11.3 Å². The number of methoxy groups -OCH3 is 1. The lowest BCUT2D eigenvalue weighted by Gasteiger charge is -2.13. The Kier molecular flexibility index (Phi) is 3.89. The van der Waals surface area contributed by atoms with Crippen molar-refractivity contribution in [1.29, 1.82) is 5.26 Å². The smallest absolute Gasteiger partial charge is 0.184 e. The summed E-state index contributed by atoms with van der Waals surface area (Å²) in [5.41, 5.74) is 7.76. The highest BCUT2D eigenvalue weighted by atomic mass is 16.5. The summed E-state index contributed by atoms with van der Waals surface area (Å²) in [6, 6.07) is 15.0. The summed E-state index contributed by atoms with van der Waals surface area (Å²) in [5, 5.41) is 8.88. The maximum absolute atomic E-state index is 8.88. The van der Waals surface area contributed by atoms with Crippen LogP contribution in [-0.4, -0.2) is 7.11 Å². The van der Waals surface area contributed by atoms with Crippen molar-refractivity contribution in [1.82, 2.24) is 0 Å². The third-order valence-corrected chi connectivity index (χ3v) is 2.66. The zero-order valence-corrected chi connectivity index (χ0v) is 10.6. The van der Waals surface area contributed by atoms with Crippen molar-refractivity contribution in [2.45, 2.75) is 6.61 Å². The first-order chi connectivity index (χ1) is 9.24. The highest BCUT2D eigenvalue weighted by Crippen LogP contribution is 2.35. The maximum Gasteiger partial charge on any atom is 0.184 e. The van der Waals surface area contributed by atoms with Gasteiger partial charge in [0.2, 0.25) is 0 Å². The van der Waals surface area contributed by atoms with Gasteiger partial charge in [0.15, 0.2) is 11.5 Å². The number of nitrogen functional groups attached to an aromatic ring is 1. The molecule has 0 fully saturated rings. The molecule has 96 valence electrons. The zero-order valence-electron chi connectivity index (χ0n) is 10.6. The molecule has 4 nitrogen and oxygen atoms in total. The highest BCUT2D eigenvalue weighted by molar-refractivity contribution is 5.64. The van der Waals surface area contributed by atoms with Gasteiger partial charge in [0.1, 0.15) is 6.61 Å². The third kappa shape index (κ3) is 2.96. The number of ether oxygens (including phenoxy) is 2. The predicted octanol–water partition coefficient (Wildman–Crippen LogP) is 2.73. The largest absolute Gasteiger partial charge is 0.493 e. The first-order valence-electron chi connectivity index (χ1n) is 5.79. The number of anilines is 1. The molecule has 0 spiro atoms. The molecule has 4 heteroatoms. The van der Waals surface area contributed by atoms with E-state index in [1.807, 2.05) is 36.4 Å². The van der Waals surface area contributed by atoms with Crippen molar-refractivity contribution in [3.8, 4) is 17.6 Å². The van der Waals surface area contributed by atoms with E-state index < -0.39 is 0 Å². The molecule has 0 saturated carbocycles. The van der Waals surface area contributed by atoms with Crippen LogP contribution in [-0.2, 0) is 6.61 Å². The van der Waals surface area contributed by atoms with Crippen molar-refractivity contribution in [2.24, 2.45) is 0 Å². The first kappa shape index (κ1) is 12.8. The molecule has 0 saturated heterocycles. The van der Waals surface area contributed by atoms with E-state index in [1.54, 1.807) is 12.1 Å². The Hall–Kier alpha value is -2.67. The van der Waals surface area contributed by atoms with Gasteiger partial charge in [-0.2, -0.15) is 5.26 Å². The van der Waals surface area contributed by atoms with Gasteiger partial charge in [-0.3, -0.25) is 0 Å². The molecule has 0 bridgehead atoms. The van der Waals surface area contributed by atoms with E-state index in [2.05, 4.69) is 0 Å². The van der Waals surface area contributed by atoms with Gasteiger partial charge < -0.3 is 15.2 Å². The molecule has 0 aliphatic rings. The van der Waals surface area contributed by atoms with Gasteiger partial charge in [0, 0.05) is 6.07 Å². The molecule has 2 rings (SSSR count). The topological polar surface area (TPSA) is 68.3 Å². The standard InChI is InChI=1S/C15H14N2O2/c1-18-14-8-12(9-16)7-13(17)15(14)19-10-11-5-3-2-4-6-11/h2-8H,10,17H2,1H3. The monoisotopic (exact) mass is 254 g/mol. The predicted molar refractivity (Wildman–Crippen MR) is 72.9 cm³/mol. The summed E-state index contributed by atoms with van der Waals surface area (Å²) in [6.07, 6.45) is 0. The summed E-state index contributed by atoms with van der Waals surface area (Å²) in [6.45, 7) is 0.396. The fraction of sp³-hybridized carbons (Fsp3) is 0.133. The summed E-state index contributed by atoms with van der Waals surface area (Å²) in [7, 11) is 1.52. The van der Waals surface area contributed by atoms with E-state index >= 15 is 0 Å². The normalized spacial score (nSPS) is 9.68. The molecule has 0 unspecified atom stereocenters. The lowest BCUT2D eigenvalue weighted by molar-refractivity contribution is 0.286. The van der Waals surface area contributed by atoms with Crippen LogP contribution >= 0.6 is 0 Å². The Morgan fingerprint density at radius 2 is 1.95 bits per heavy atom. The summed E-state index contributed by atoms with van der Waals surface area (Å²) in [4.78, 5) is 0. The molecule has 0 aliphatic heterocycles. The van der Waals surface area contributed by atoms with Crippen molar-refractivity contribution >= 4 is 5.69 Å². The van der Waals surface area contributed by atoms with Crippen LogP contribution in [0.15, 0.2) is 42.5 Å². The second-order valence-electron chi connectivity index (χ2n) is 3.98. The molecular formula is C15H14N2O2. The molecular weight excluding hydrogens is 240 g/mol. The Morgan fingerprint density at radius 3 is 2.58 bits per heavy atom. The maximum atomic E-state index is 8.88. The van der Waals surface area contributed by atoms with Crippen LogP contribution in [0.1, 0.15) is 11.1 Å². The minimum atomic E-state index is 0.395.